The van der Waals surface area contributed by atoms with Crippen LogP contribution in [0.3, 0.4) is 0 Å². The van der Waals surface area contributed by atoms with Gasteiger partial charge in [0.2, 0.25) is 5.91 Å². The Hall–Kier alpha value is -1.92. The van der Waals surface area contributed by atoms with Crippen molar-refractivity contribution >= 4 is 11.8 Å². The second kappa shape index (κ2) is 7.60. The highest BCUT2D eigenvalue weighted by molar-refractivity contribution is 5.95. The number of likely N-dealkylation sites (tertiary alicyclic amines) is 1. The molecule has 4 rings (SSSR count). The molecule has 27 heavy (non-hydrogen) atoms. The number of benzene rings is 1. The van der Waals surface area contributed by atoms with Crippen LogP contribution in [-0.2, 0) is 11.3 Å². The average molecular weight is 370 g/mol. The van der Waals surface area contributed by atoms with E-state index in [9.17, 15) is 9.59 Å². The molecular formula is C21H30N4O2. The first kappa shape index (κ1) is 18.4. The van der Waals surface area contributed by atoms with Crippen LogP contribution in [0.25, 0.3) is 0 Å². The third-order valence-electron chi connectivity index (χ3n) is 6.15. The lowest BCUT2D eigenvalue weighted by atomic mass is 10.1. The Morgan fingerprint density at radius 2 is 1.96 bits per heavy atom. The minimum atomic E-state index is -0.0706. The topological polar surface area (TPSA) is 55.9 Å². The zero-order valence-corrected chi connectivity index (χ0v) is 16.4. The van der Waals surface area contributed by atoms with E-state index >= 15 is 0 Å². The fraction of sp³-hybridized carbons (Fsp3) is 0.619. The Balaban J connectivity index is 1.33. The summed E-state index contributed by atoms with van der Waals surface area (Å²) >= 11 is 0. The Bertz CT molecular complexity index is 714. The highest BCUT2D eigenvalue weighted by Crippen LogP contribution is 2.37. The van der Waals surface area contributed by atoms with Crippen LogP contribution in [0, 0.1) is 5.92 Å². The lowest BCUT2D eigenvalue weighted by molar-refractivity contribution is -0.128. The molecule has 3 aliphatic rings. The molecule has 2 heterocycles. The van der Waals surface area contributed by atoms with Gasteiger partial charge >= 0.3 is 0 Å². The summed E-state index contributed by atoms with van der Waals surface area (Å²) in [7, 11) is 2.15. The normalized spacial score (nSPS) is 29.2. The molecule has 3 atom stereocenters. The summed E-state index contributed by atoms with van der Waals surface area (Å²) in [5.41, 5.74) is 1.86. The molecule has 1 aromatic rings. The number of likely N-dealkylation sites (N-methyl/N-ethyl adjacent to an activating group) is 1. The van der Waals surface area contributed by atoms with Crippen molar-refractivity contribution in [1.82, 2.24) is 20.0 Å². The van der Waals surface area contributed by atoms with Crippen molar-refractivity contribution in [3.8, 4) is 0 Å². The van der Waals surface area contributed by atoms with Gasteiger partial charge in [-0.25, -0.2) is 0 Å². The first-order valence-corrected chi connectivity index (χ1v) is 10.1. The smallest absolute Gasteiger partial charge is 0.251 e. The monoisotopic (exact) mass is 370 g/mol. The Morgan fingerprint density at radius 1 is 1.22 bits per heavy atom. The van der Waals surface area contributed by atoms with Crippen molar-refractivity contribution in [1.29, 1.82) is 0 Å². The molecule has 1 aliphatic carbocycles. The third-order valence-corrected chi connectivity index (χ3v) is 6.15. The molecule has 1 saturated carbocycles. The minimum Gasteiger partial charge on any atom is -0.347 e. The van der Waals surface area contributed by atoms with Gasteiger partial charge < -0.3 is 15.1 Å². The van der Waals surface area contributed by atoms with Crippen molar-refractivity contribution in [3.63, 3.8) is 0 Å². The maximum absolute atomic E-state index is 12.7. The van der Waals surface area contributed by atoms with Gasteiger partial charge in [-0.05, 0) is 37.1 Å². The molecule has 0 radical (unpaired) electrons. The van der Waals surface area contributed by atoms with E-state index in [2.05, 4.69) is 35.2 Å². The largest absolute Gasteiger partial charge is 0.347 e. The van der Waals surface area contributed by atoms with Gasteiger partial charge in [0.25, 0.3) is 5.91 Å². The zero-order valence-electron chi connectivity index (χ0n) is 16.4. The Labute approximate surface area is 161 Å². The highest BCUT2D eigenvalue weighted by Gasteiger charge is 2.44. The second-order valence-corrected chi connectivity index (χ2v) is 8.48. The number of nitrogens with one attached hydrogen (secondary N) is 1. The summed E-state index contributed by atoms with van der Waals surface area (Å²) in [4.78, 5) is 31.6. The van der Waals surface area contributed by atoms with E-state index in [0.717, 1.165) is 39.1 Å². The first-order chi connectivity index (χ1) is 13.0. The molecule has 0 aromatic heterocycles. The van der Waals surface area contributed by atoms with E-state index < -0.39 is 0 Å². The molecule has 2 amide bonds. The van der Waals surface area contributed by atoms with E-state index in [1.165, 1.54) is 5.56 Å². The third kappa shape index (κ3) is 4.33. The fourth-order valence-electron chi connectivity index (χ4n) is 4.23. The molecule has 1 N–H and O–H groups in total. The maximum atomic E-state index is 12.7. The lowest BCUT2D eigenvalue weighted by Gasteiger charge is -2.32. The number of hydrogen-bond acceptors (Lipinski definition) is 4. The molecule has 2 saturated heterocycles. The van der Waals surface area contributed by atoms with E-state index in [0.29, 0.717) is 30.5 Å². The molecular weight excluding hydrogens is 340 g/mol. The maximum Gasteiger partial charge on any atom is 0.251 e. The SMILES string of the molecule is CC1CC1N1CC(NC(=O)c2cccc(CN3CCN(C)CC3)c2)CC1=O. The van der Waals surface area contributed by atoms with Gasteiger partial charge in [0.1, 0.15) is 0 Å². The summed E-state index contributed by atoms with van der Waals surface area (Å²) in [5, 5.41) is 3.07. The van der Waals surface area contributed by atoms with E-state index in [4.69, 9.17) is 0 Å². The number of rotatable bonds is 5. The van der Waals surface area contributed by atoms with Gasteiger partial charge in [0, 0.05) is 57.3 Å². The molecule has 3 fully saturated rings. The lowest BCUT2D eigenvalue weighted by Crippen LogP contribution is -2.43. The Morgan fingerprint density at radius 3 is 2.67 bits per heavy atom. The van der Waals surface area contributed by atoms with Crippen LogP contribution in [0.5, 0.6) is 0 Å². The van der Waals surface area contributed by atoms with Gasteiger partial charge in [-0.3, -0.25) is 14.5 Å². The molecule has 0 spiro atoms. The van der Waals surface area contributed by atoms with Gasteiger partial charge in [-0.1, -0.05) is 19.1 Å². The standard InChI is InChI=1S/C21H30N4O2/c1-15-10-19(15)25-14-18(12-20(25)26)22-21(27)17-5-3-4-16(11-17)13-24-8-6-23(2)7-9-24/h3-5,11,15,18-19H,6-10,12-14H2,1-2H3,(H,22,27). The number of carbonyl (C=O) groups excluding carboxylic acids is 2. The predicted molar refractivity (Wildman–Crippen MR) is 104 cm³/mol. The highest BCUT2D eigenvalue weighted by atomic mass is 16.2. The second-order valence-electron chi connectivity index (χ2n) is 8.48. The van der Waals surface area contributed by atoms with Crippen LogP contribution in [0.15, 0.2) is 24.3 Å². The number of amides is 2. The Kier molecular flexibility index (Phi) is 5.19. The summed E-state index contributed by atoms with van der Waals surface area (Å²) in [6.07, 6.45) is 1.52. The molecule has 1 aromatic carbocycles. The summed E-state index contributed by atoms with van der Waals surface area (Å²) in [6.45, 7) is 8.01. The van der Waals surface area contributed by atoms with Gasteiger partial charge in [-0.15, -0.1) is 0 Å². The van der Waals surface area contributed by atoms with Crippen molar-refractivity contribution in [2.45, 2.75) is 38.4 Å². The van der Waals surface area contributed by atoms with Gasteiger partial charge in [-0.2, -0.15) is 0 Å². The van der Waals surface area contributed by atoms with Crippen molar-refractivity contribution < 1.29 is 9.59 Å². The molecule has 0 bridgehead atoms. The average Bonchev–Trinajstić information content (AvgIpc) is 3.26. The van der Waals surface area contributed by atoms with E-state index in [1.807, 2.05) is 23.1 Å². The van der Waals surface area contributed by atoms with Crippen LogP contribution in [0.2, 0.25) is 0 Å². The molecule has 2 aliphatic heterocycles. The van der Waals surface area contributed by atoms with Crippen LogP contribution in [0.4, 0.5) is 0 Å². The van der Waals surface area contributed by atoms with Crippen molar-refractivity contribution in [2.24, 2.45) is 5.92 Å². The van der Waals surface area contributed by atoms with Crippen LogP contribution in [-0.4, -0.2) is 78.4 Å². The molecule has 3 unspecified atom stereocenters. The summed E-state index contributed by atoms with van der Waals surface area (Å²) < 4.78 is 0. The zero-order chi connectivity index (χ0) is 19.0. The van der Waals surface area contributed by atoms with E-state index in [1.54, 1.807) is 0 Å². The fourth-order valence-corrected chi connectivity index (χ4v) is 4.23. The van der Waals surface area contributed by atoms with Crippen LogP contribution < -0.4 is 5.32 Å². The predicted octanol–water partition coefficient (Wildman–Crippen LogP) is 1.17. The van der Waals surface area contributed by atoms with Gasteiger partial charge in [0.15, 0.2) is 0 Å². The molecule has 146 valence electrons. The minimum absolute atomic E-state index is 0.0703. The quantitative estimate of drug-likeness (QED) is 0.846. The van der Waals surface area contributed by atoms with Gasteiger partial charge in [0.05, 0.1) is 6.04 Å². The first-order valence-electron chi connectivity index (χ1n) is 10.1. The molecule has 6 heteroatoms. The number of carbonyl (C=O) groups is 2. The number of hydrogen-bond donors (Lipinski definition) is 1. The van der Waals surface area contributed by atoms with Crippen LogP contribution in [0.1, 0.15) is 35.7 Å². The molecule has 6 nitrogen and oxygen atoms in total. The number of nitrogens with zero attached hydrogens (tertiary/aromatic N) is 3. The van der Waals surface area contributed by atoms with Crippen molar-refractivity contribution in [3.05, 3.63) is 35.4 Å². The summed E-state index contributed by atoms with van der Waals surface area (Å²) in [6, 6.07) is 8.22. The number of piperazine rings is 1. The van der Waals surface area contributed by atoms with E-state index in [-0.39, 0.29) is 17.9 Å². The summed E-state index contributed by atoms with van der Waals surface area (Å²) in [5.74, 6) is 0.715. The van der Waals surface area contributed by atoms with Crippen molar-refractivity contribution in [2.75, 3.05) is 39.8 Å². The van der Waals surface area contributed by atoms with Crippen LogP contribution >= 0.6 is 0 Å².